The van der Waals surface area contributed by atoms with E-state index in [1.165, 1.54) is 0 Å². The monoisotopic (exact) mass is 316 g/mol. The maximum absolute atomic E-state index is 5.96. The molecule has 0 aliphatic rings. The van der Waals surface area contributed by atoms with Gasteiger partial charge in [-0.1, -0.05) is 30.3 Å². The number of hydrogen-bond acceptors (Lipinski definition) is 2. The van der Waals surface area contributed by atoms with Crippen molar-refractivity contribution in [3.8, 4) is 0 Å². The number of benzene rings is 1. The molecule has 0 aliphatic carbocycles. The minimum atomic E-state index is -0.0178. The first-order valence-electron chi connectivity index (χ1n) is 6.09. The minimum Gasteiger partial charge on any atom is -0.406 e. The number of rotatable bonds is 3. The first-order chi connectivity index (χ1) is 9.24. The summed E-state index contributed by atoms with van der Waals surface area (Å²) in [4.78, 5) is 10.3. The van der Waals surface area contributed by atoms with Gasteiger partial charge in [-0.3, -0.25) is 4.98 Å². The smallest absolute Gasteiger partial charge is 0.147 e. The Kier molecular flexibility index (Phi) is 3.25. The van der Waals surface area contributed by atoms with Gasteiger partial charge in [0.05, 0.1) is 5.52 Å². The lowest BCUT2D eigenvalue weighted by Gasteiger charge is -2.16. The van der Waals surface area contributed by atoms with E-state index in [0.717, 1.165) is 21.1 Å². The van der Waals surface area contributed by atoms with Crippen molar-refractivity contribution in [2.75, 3.05) is 0 Å². The molecule has 0 saturated carbocycles. The van der Waals surface area contributed by atoms with Gasteiger partial charge >= 0.3 is 0 Å². The molecule has 0 amide bonds. The summed E-state index contributed by atoms with van der Waals surface area (Å²) >= 11 is 3.43. The van der Waals surface area contributed by atoms with Crippen LogP contribution in [0.5, 0.6) is 0 Å². The molecular formula is C15H13BrN2O. The number of halogens is 1. The lowest BCUT2D eigenvalue weighted by molar-refractivity contribution is 0.0562. The standard InChI is InChI=1S/C15H13BrN2O/c1-11(12-5-3-2-4-6-12)19-18-8-7-14-15(18)9-13(16)10-17-14/h2-11H,1H3. The second kappa shape index (κ2) is 5.05. The molecule has 0 bridgehead atoms. The van der Waals surface area contributed by atoms with E-state index in [2.05, 4.69) is 33.0 Å². The van der Waals surface area contributed by atoms with Crippen LogP contribution in [0.4, 0.5) is 0 Å². The molecule has 1 unspecified atom stereocenters. The highest BCUT2D eigenvalue weighted by molar-refractivity contribution is 9.10. The first kappa shape index (κ1) is 12.2. The zero-order chi connectivity index (χ0) is 13.2. The molecule has 4 heteroatoms. The van der Waals surface area contributed by atoms with Crippen LogP contribution < -0.4 is 4.84 Å². The van der Waals surface area contributed by atoms with Crippen LogP contribution in [0.15, 0.2) is 59.3 Å². The fourth-order valence-corrected chi connectivity index (χ4v) is 2.33. The molecule has 1 aromatic carbocycles. The molecule has 1 atom stereocenters. The molecule has 0 spiro atoms. The predicted octanol–water partition coefficient (Wildman–Crippen LogP) is 3.99. The molecule has 0 N–H and O–H groups in total. The van der Waals surface area contributed by atoms with Crippen molar-refractivity contribution in [3.05, 3.63) is 64.9 Å². The zero-order valence-corrected chi connectivity index (χ0v) is 12.0. The Balaban J connectivity index is 1.91. The number of hydrogen-bond donors (Lipinski definition) is 0. The Morgan fingerprint density at radius 3 is 2.79 bits per heavy atom. The fraction of sp³-hybridized carbons (Fsp3) is 0.133. The van der Waals surface area contributed by atoms with Crippen LogP contribution in [0, 0.1) is 0 Å². The first-order valence-corrected chi connectivity index (χ1v) is 6.88. The lowest BCUT2D eigenvalue weighted by atomic mass is 10.1. The average molecular weight is 317 g/mol. The van der Waals surface area contributed by atoms with Crippen molar-refractivity contribution >= 4 is 27.0 Å². The van der Waals surface area contributed by atoms with E-state index in [9.17, 15) is 0 Å². The van der Waals surface area contributed by atoms with Crippen molar-refractivity contribution < 1.29 is 4.84 Å². The van der Waals surface area contributed by atoms with E-state index < -0.39 is 0 Å². The van der Waals surface area contributed by atoms with Gasteiger partial charge in [0.25, 0.3) is 0 Å². The van der Waals surface area contributed by atoms with E-state index in [0.29, 0.717) is 0 Å². The van der Waals surface area contributed by atoms with E-state index in [4.69, 9.17) is 4.84 Å². The molecule has 0 saturated heterocycles. The number of pyridine rings is 1. The normalized spacial score (nSPS) is 12.5. The van der Waals surface area contributed by atoms with Gasteiger partial charge in [-0.2, -0.15) is 4.73 Å². The van der Waals surface area contributed by atoms with E-state index in [1.54, 1.807) is 10.9 Å². The summed E-state index contributed by atoms with van der Waals surface area (Å²) in [5, 5.41) is 0. The predicted molar refractivity (Wildman–Crippen MR) is 78.9 cm³/mol. The average Bonchev–Trinajstić information content (AvgIpc) is 2.82. The molecule has 2 heterocycles. The van der Waals surface area contributed by atoms with Gasteiger partial charge in [-0.15, -0.1) is 0 Å². The largest absolute Gasteiger partial charge is 0.406 e. The molecule has 2 aromatic heterocycles. The quantitative estimate of drug-likeness (QED) is 0.730. The molecular weight excluding hydrogens is 304 g/mol. The summed E-state index contributed by atoms with van der Waals surface area (Å²) in [5.41, 5.74) is 3.02. The Hall–Kier alpha value is -1.81. The molecule has 3 aromatic rings. The fourth-order valence-electron chi connectivity index (χ4n) is 2.01. The second-order valence-corrected chi connectivity index (χ2v) is 5.27. The van der Waals surface area contributed by atoms with Crippen molar-refractivity contribution in [3.63, 3.8) is 0 Å². The summed E-state index contributed by atoms with van der Waals surface area (Å²) in [5.74, 6) is 0. The summed E-state index contributed by atoms with van der Waals surface area (Å²) in [6.45, 7) is 2.03. The maximum Gasteiger partial charge on any atom is 0.147 e. The molecule has 3 rings (SSSR count). The Morgan fingerprint density at radius 1 is 1.21 bits per heavy atom. The van der Waals surface area contributed by atoms with Crippen LogP contribution in [0.1, 0.15) is 18.6 Å². The highest BCUT2D eigenvalue weighted by Crippen LogP contribution is 2.20. The topological polar surface area (TPSA) is 27.1 Å². The van der Waals surface area contributed by atoms with E-state index in [1.807, 2.05) is 43.5 Å². The van der Waals surface area contributed by atoms with Crippen LogP contribution in [0.3, 0.4) is 0 Å². The molecule has 0 fully saturated rings. The van der Waals surface area contributed by atoms with Crippen LogP contribution in [-0.2, 0) is 0 Å². The highest BCUT2D eigenvalue weighted by Gasteiger charge is 2.09. The molecule has 0 radical (unpaired) electrons. The van der Waals surface area contributed by atoms with Gasteiger partial charge in [0.1, 0.15) is 11.6 Å². The molecule has 19 heavy (non-hydrogen) atoms. The molecule has 96 valence electrons. The third-order valence-electron chi connectivity index (χ3n) is 3.01. The number of nitrogens with zero attached hydrogens (tertiary/aromatic N) is 2. The van der Waals surface area contributed by atoms with Crippen LogP contribution >= 0.6 is 15.9 Å². The summed E-state index contributed by atoms with van der Waals surface area (Å²) in [6.07, 6.45) is 3.66. The maximum atomic E-state index is 5.96. The van der Waals surface area contributed by atoms with Gasteiger partial charge in [0.15, 0.2) is 0 Å². The van der Waals surface area contributed by atoms with Gasteiger partial charge in [0, 0.05) is 16.9 Å². The van der Waals surface area contributed by atoms with Gasteiger partial charge < -0.3 is 4.84 Å². The number of fused-ring (bicyclic) bond motifs is 1. The SMILES string of the molecule is CC(On1ccc2ncc(Br)cc21)c1ccccc1. The van der Waals surface area contributed by atoms with Crippen LogP contribution in [0.25, 0.3) is 11.0 Å². The van der Waals surface area contributed by atoms with Crippen LogP contribution in [0.2, 0.25) is 0 Å². The minimum absolute atomic E-state index is 0.0178. The van der Waals surface area contributed by atoms with Crippen molar-refractivity contribution in [1.82, 2.24) is 9.71 Å². The van der Waals surface area contributed by atoms with Crippen molar-refractivity contribution in [2.24, 2.45) is 0 Å². The third kappa shape index (κ3) is 2.49. The second-order valence-electron chi connectivity index (χ2n) is 4.36. The zero-order valence-electron chi connectivity index (χ0n) is 10.5. The number of aromatic nitrogens is 2. The van der Waals surface area contributed by atoms with E-state index >= 15 is 0 Å². The summed E-state index contributed by atoms with van der Waals surface area (Å²) < 4.78 is 2.71. The highest BCUT2D eigenvalue weighted by atomic mass is 79.9. The lowest BCUT2D eigenvalue weighted by Crippen LogP contribution is -2.14. The summed E-state index contributed by atoms with van der Waals surface area (Å²) in [7, 11) is 0. The molecule has 3 nitrogen and oxygen atoms in total. The Morgan fingerprint density at radius 2 is 2.00 bits per heavy atom. The molecule has 0 aliphatic heterocycles. The van der Waals surface area contributed by atoms with Crippen molar-refractivity contribution in [1.29, 1.82) is 0 Å². The Labute approximate surface area is 119 Å². The Bertz CT molecular complexity index is 694. The van der Waals surface area contributed by atoms with Gasteiger partial charge in [0.2, 0.25) is 0 Å². The third-order valence-corrected chi connectivity index (χ3v) is 3.44. The van der Waals surface area contributed by atoms with Gasteiger partial charge in [-0.05, 0) is 40.5 Å². The van der Waals surface area contributed by atoms with Crippen LogP contribution in [-0.4, -0.2) is 9.71 Å². The summed E-state index contributed by atoms with van der Waals surface area (Å²) in [6, 6.07) is 14.1. The van der Waals surface area contributed by atoms with Gasteiger partial charge in [-0.25, -0.2) is 0 Å². The van der Waals surface area contributed by atoms with Crippen molar-refractivity contribution in [2.45, 2.75) is 13.0 Å². The van der Waals surface area contributed by atoms with E-state index in [-0.39, 0.29) is 6.10 Å².